The second-order valence-corrected chi connectivity index (χ2v) is 6.09. The Morgan fingerprint density at radius 1 is 1.57 bits per heavy atom. The minimum absolute atomic E-state index is 0.0310. The van der Waals surface area contributed by atoms with Gasteiger partial charge in [-0.2, -0.15) is 0 Å². The molecule has 2 atom stereocenters. The maximum Gasteiger partial charge on any atom is 0.246 e. The van der Waals surface area contributed by atoms with Crippen molar-refractivity contribution < 1.29 is 19.4 Å². The van der Waals surface area contributed by atoms with E-state index >= 15 is 0 Å². The number of hydrogen-bond donors (Lipinski definition) is 2. The van der Waals surface area contributed by atoms with Crippen LogP contribution in [-0.4, -0.2) is 30.3 Å². The first-order valence-electron chi connectivity index (χ1n) is 7.11. The molecule has 2 rings (SSSR count). The van der Waals surface area contributed by atoms with Gasteiger partial charge in [0.1, 0.15) is 18.0 Å². The van der Waals surface area contributed by atoms with Crippen LogP contribution in [0, 0.1) is 0 Å². The van der Waals surface area contributed by atoms with Crippen molar-refractivity contribution in [3.8, 4) is 5.75 Å². The highest BCUT2D eigenvalue weighted by Gasteiger charge is 2.34. The van der Waals surface area contributed by atoms with E-state index in [9.17, 15) is 9.90 Å². The molecule has 0 aliphatic carbocycles. The van der Waals surface area contributed by atoms with Gasteiger partial charge in [-0.3, -0.25) is 4.79 Å². The molecule has 5 nitrogen and oxygen atoms in total. The van der Waals surface area contributed by atoms with Gasteiger partial charge < -0.3 is 19.9 Å². The molecular weight excluding hydrogens is 270 g/mol. The van der Waals surface area contributed by atoms with Crippen LogP contribution in [0.15, 0.2) is 18.2 Å². The Bertz CT molecular complexity index is 525. The van der Waals surface area contributed by atoms with Gasteiger partial charge in [0.05, 0.1) is 12.1 Å². The zero-order valence-corrected chi connectivity index (χ0v) is 13.0. The zero-order valence-electron chi connectivity index (χ0n) is 13.0. The van der Waals surface area contributed by atoms with Crippen molar-refractivity contribution in [1.29, 1.82) is 0 Å². The van der Waals surface area contributed by atoms with Gasteiger partial charge in [-0.05, 0) is 38.5 Å². The van der Waals surface area contributed by atoms with Crippen molar-refractivity contribution in [2.24, 2.45) is 0 Å². The molecule has 1 aliphatic rings. The Kier molecular flexibility index (Phi) is 4.54. The third-order valence-electron chi connectivity index (χ3n) is 3.58. The first-order valence-corrected chi connectivity index (χ1v) is 7.11. The third kappa shape index (κ3) is 3.74. The molecule has 1 aromatic carbocycles. The smallest absolute Gasteiger partial charge is 0.246 e. The number of methoxy groups -OCH3 is 1. The number of nitrogens with one attached hydrogen (secondary N) is 1. The molecule has 116 valence electrons. The SMILES string of the molecule is COCC(=O)NC1CC(C)(C)Oc2ccc(C(C)O)cc21. The first-order chi connectivity index (χ1) is 9.82. The fraction of sp³-hybridized carbons (Fsp3) is 0.562. The topological polar surface area (TPSA) is 67.8 Å². The summed E-state index contributed by atoms with van der Waals surface area (Å²) in [4.78, 5) is 11.8. The van der Waals surface area contributed by atoms with Gasteiger partial charge in [-0.25, -0.2) is 0 Å². The van der Waals surface area contributed by atoms with Gasteiger partial charge in [0, 0.05) is 19.1 Å². The lowest BCUT2D eigenvalue weighted by Gasteiger charge is -2.38. The molecule has 0 fully saturated rings. The van der Waals surface area contributed by atoms with E-state index in [1.807, 2.05) is 32.0 Å². The molecule has 2 unspecified atom stereocenters. The largest absolute Gasteiger partial charge is 0.487 e. The first kappa shape index (κ1) is 15.8. The monoisotopic (exact) mass is 293 g/mol. The number of aliphatic hydroxyl groups excluding tert-OH is 1. The predicted molar refractivity (Wildman–Crippen MR) is 79.2 cm³/mol. The molecule has 0 radical (unpaired) electrons. The number of hydrogen-bond acceptors (Lipinski definition) is 4. The van der Waals surface area contributed by atoms with Crippen LogP contribution in [-0.2, 0) is 9.53 Å². The Morgan fingerprint density at radius 2 is 2.29 bits per heavy atom. The molecule has 1 heterocycles. The third-order valence-corrected chi connectivity index (χ3v) is 3.58. The van der Waals surface area contributed by atoms with Crippen molar-refractivity contribution in [3.05, 3.63) is 29.3 Å². The van der Waals surface area contributed by atoms with Crippen molar-refractivity contribution in [1.82, 2.24) is 5.32 Å². The summed E-state index contributed by atoms with van der Waals surface area (Å²) in [5.74, 6) is 0.590. The van der Waals surface area contributed by atoms with E-state index in [-0.39, 0.29) is 24.2 Å². The van der Waals surface area contributed by atoms with E-state index in [4.69, 9.17) is 9.47 Å². The highest BCUT2D eigenvalue weighted by Crippen LogP contribution is 2.40. The average molecular weight is 293 g/mol. The molecule has 1 amide bonds. The summed E-state index contributed by atoms with van der Waals surface area (Å²) in [5.41, 5.74) is 1.35. The van der Waals surface area contributed by atoms with E-state index < -0.39 is 6.10 Å². The highest BCUT2D eigenvalue weighted by atomic mass is 16.5. The summed E-state index contributed by atoms with van der Waals surface area (Å²) in [6.45, 7) is 5.74. The number of rotatable bonds is 4. The Labute approximate surface area is 125 Å². The van der Waals surface area contributed by atoms with Gasteiger partial charge in [0.25, 0.3) is 0 Å². The number of ether oxygens (including phenoxy) is 2. The summed E-state index contributed by atoms with van der Waals surface area (Å²) in [5, 5.41) is 12.7. The molecule has 2 N–H and O–H groups in total. The Balaban J connectivity index is 2.33. The minimum Gasteiger partial charge on any atom is -0.487 e. The molecule has 0 spiro atoms. The maximum absolute atomic E-state index is 11.8. The van der Waals surface area contributed by atoms with E-state index in [0.717, 1.165) is 16.9 Å². The fourth-order valence-corrected chi connectivity index (χ4v) is 2.63. The van der Waals surface area contributed by atoms with Gasteiger partial charge >= 0.3 is 0 Å². The zero-order chi connectivity index (χ0) is 15.6. The summed E-state index contributed by atoms with van der Waals surface area (Å²) >= 11 is 0. The Morgan fingerprint density at radius 3 is 2.90 bits per heavy atom. The molecule has 1 aromatic rings. The van der Waals surface area contributed by atoms with Crippen LogP contribution < -0.4 is 10.1 Å². The van der Waals surface area contributed by atoms with Crippen molar-refractivity contribution in [3.63, 3.8) is 0 Å². The lowest BCUT2D eigenvalue weighted by atomic mass is 9.88. The quantitative estimate of drug-likeness (QED) is 0.892. The molecule has 0 bridgehead atoms. The summed E-state index contributed by atoms with van der Waals surface area (Å²) < 4.78 is 10.8. The molecular formula is C16H23NO4. The van der Waals surface area contributed by atoms with Crippen LogP contribution in [0.4, 0.5) is 0 Å². The number of carbonyl (C=O) groups is 1. The standard InChI is InChI=1S/C16H23NO4/c1-10(18)11-5-6-14-12(7-11)13(8-16(2,3)21-14)17-15(19)9-20-4/h5-7,10,13,18H,8-9H2,1-4H3,(H,17,19). The van der Waals surface area contributed by atoms with Gasteiger partial charge in [-0.15, -0.1) is 0 Å². The van der Waals surface area contributed by atoms with E-state index in [1.54, 1.807) is 6.92 Å². The van der Waals surface area contributed by atoms with Crippen LogP contribution in [0.1, 0.15) is 50.5 Å². The summed E-state index contributed by atoms with van der Waals surface area (Å²) in [7, 11) is 1.49. The van der Waals surface area contributed by atoms with E-state index in [2.05, 4.69) is 5.32 Å². The maximum atomic E-state index is 11.8. The summed E-state index contributed by atoms with van der Waals surface area (Å²) in [6.07, 6.45) is 0.110. The number of carbonyl (C=O) groups excluding carboxylic acids is 1. The van der Waals surface area contributed by atoms with Crippen molar-refractivity contribution in [2.45, 2.75) is 44.9 Å². The Hall–Kier alpha value is -1.59. The lowest BCUT2D eigenvalue weighted by Crippen LogP contribution is -2.42. The summed E-state index contributed by atoms with van der Waals surface area (Å²) in [6, 6.07) is 5.45. The number of benzene rings is 1. The molecule has 0 saturated carbocycles. The van der Waals surface area contributed by atoms with Crippen LogP contribution in [0.5, 0.6) is 5.75 Å². The molecule has 1 aliphatic heterocycles. The second-order valence-electron chi connectivity index (χ2n) is 6.09. The van der Waals surface area contributed by atoms with Crippen LogP contribution in [0.3, 0.4) is 0 Å². The number of amides is 1. The number of fused-ring (bicyclic) bond motifs is 1. The van der Waals surface area contributed by atoms with Crippen LogP contribution in [0.25, 0.3) is 0 Å². The minimum atomic E-state index is -0.555. The molecule has 0 saturated heterocycles. The fourth-order valence-electron chi connectivity index (χ4n) is 2.63. The van der Waals surface area contributed by atoms with Crippen molar-refractivity contribution in [2.75, 3.05) is 13.7 Å². The molecule has 5 heteroatoms. The normalized spacial score (nSPS) is 21.1. The van der Waals surface area contributed by atoms with E-state index in [0.29, 0.717) is 6.42 Å². The van der Waals surface area contributed by atoms with Gasteiger partial charge in [-0.1, -0.05) is 6.07 Å². The second kappa shape index (κ2) is 6.03. The highest BCUT2D eigenvalue weighted by molar-refractivity contribution is 5.77. The number of aliphatic hydroxyl groups is 1. The van der Waals surface area contributed by atoms with E-state index in [1.165, 1.54) is 7.11 Å². The van der Waals surface area contributed by atoms with Gasteiger partial charge in [0.15, 0.2) is 0 Å². The lowest BCUT2D eigenvalue weighted by molar-refractivity contribution is -0.126. The molecule has 0 aromatic heterocycles. The molecule has 21 heavy (non-hydrogen) atoms. The van der Waals surface area contributed by atoms with Crippen LogP contribution in [0.2, 0.25) is 0 Å². The average Bonchev–Trinajstić information content (AvgIpc) is 2.37. The van der Waals surface area contributed by atoms with Gasteiger partial charge in [0.2, 0.25) is 5.91 Å². The predicted octanol–water partition coefficient (Wildman–Crippen LogP) is 2.10. The van der Waals surface area contributed by atoms with Crippen molar-refractivity contribution >= 4 is 5.91 Å². The van der Waals surface area contributed by atoms with Crippen LogP contribution >= 0.6 is 0 Å².